The maximum Gasteiger partial charge on any atom is 0.316 e. The van der Waals surface area contributed by atoms with Crippen LogP contribution >= 0.6 is 0 Å². The molecule has 11 nitrogen and oxygen atoms in total. The van der Waals surface area contributed by atoms with Gasteiger partial charge >= 0.3 is 17.9 Å². The van der Waals surface area contributed by atoms with Gasteiger partial charge in [0.25, 0.3) is 0 Å². The van der Waals surface area contributed by atoms with E-state index < -0.39 is 67.7 Å². The molecule has 0 saturated carbocycles. The van der Waals surface area contributed by atoms with E-state index in [4.69, 9.17) is 14.2 Å². The lowest BCUT2D eigenvalue weighted by Gasteiger charge is -2.32. The molecule has 0 aliphatic rings. The Morgan fingerprint density at radius 1 is 0.533 bits per heavy atom. The molecular weight excluding hydrogens is 584 g/mol. The average Bonchev–Trinajstić information content (AvgIpc) is 3.04. The Hall–Kier alpha value is -2.24. The van der Waals surface area contributed by atoms with Gasteiger partial charge in [0, 0.05) is 18.8 Å². The highest BCUT2D eigenvalue weighted by Crippen LogP contribution is 2.24. The molecule has 0 bridgehead atoms. The van der Waals surface area contributed by atoms with Gasteiger partial charge in [-0.3, -0.25) is 14.4 Å². The Balaban J connectivity index is 4.53. The van der Waals surface area contributed by atoms with Crippen LogP contribution in [0.5, 0.6) is 0 Å². The lowest BCUT2D eigenvalue weighted by molar-refractivity contribution is -0.305. The first kappa shape index (κ1) is 42.8. The molecule has 0 spiro atoms. The normalized spacial score (nSPS) is 12.8. The van der Waals surface area contributed by atoms with Gasteiger partial charge in [-0.15, -0.1) is 0 Å². The minimum atomic E-state index is -1.58. The van der Waals surface area contributed by atoms with Gasteiger partial charge in [-0.05, 0) is 32.6 Å². The Morgan fingerprint density at radius 3 is 1.27 bits per heavy atom. The van der Waals surface area contributed by atoms with E-state index in [1.807, 2.05) is 0 Å². The molecule has 1 atom stereocenters. The van der Waals surface area contributed by atoms with Gasteiger partial charge in [-0.25, -0.2) is 0 Å². The molecule has 0 aromatic carbocycles. The van der Waals surface area contributed by atoms with E-state index in [-0.39, 0.29) is 38.7 Å². The van der Waals surface area contributed by atoms with Crippen LogP contribution in [0.3, 0.4) is 0 Å². The first-order valence-electron chi connectivity index (χ1n) is 17.1. The molecule has 0 fully saturated rings. The maximum atomic E-state index is 12.5. The number of unbranched alkanes of at least 4 members (excludes halogenated alkanes) is 15. The van der Waals surface area contributed by atoms with Crippen molar-refractivity contribution in [1.29, 1.82) is 0 Å². The summed E-state index contributed by atoms with van der Waals surface area (Å²) in [6.45, 7) is 0.218. The molecule has 0 amide bonds. The fourth-order valence-electron chi connectivity index (χ4n) is 4.62. The van der Waals surface area contributed by atoms with Gasteiger partial charge < -0.3 is 39.4 Å². The fourth-order valence-corrected chi connectivity index (χ4v) is 4.62. The molecule has 0 aliphatic heterocycles. The minimum Gasteiger partial charge on any atom is -0.550 e. The van der Waals surface area contributed by atoms with Crippen molar-refractivity contribution >= 4 is 23.9 Å². The first-order valence-corrected chi connectivity index (χ1v) is 17.1. The Bertz CT molecular complexity index is 797. The highest BCUT2D eigenvalue weighted by Gasteiger charge is 2.39. The summed E-state index contributed by atoms with van der Waals surface area (Å²) in [4.78, 5) is 47.7. The SMILES string of the molecule is CCCCCCCCCCCCCCCCCC(=O)OCC(CO)(COC(=O)CCCCC(=O)[O-])COC(=O)C(C)(CO)CO. The summed E-state index contributed by atoms with van der Waals surface area (Å²) >= 11 is 0. The minimum absolute atomic E-state index is 0.0688. The third-order valence-corrected chi connectivity index (χ3v) is 8.11. The third-order valence-electron chi connectivity index (χ3n) is 8.11. The van der Waals surface area contributed by atoms with E-state index in [9.17, 15) is 39.6 Å². The number of carbonyl (C=O) groups excluding carboxylic acids is 4. The molecule has 0 aromatic rings. The van der Waals surface area contributed by atoms with Crippen molar-refractivity contribution in [2.24, 2.45) is 10.8 Å². The summed E-state index contributed by atoms with van der Waals surface area (Å²) in [7, 11) is 0. The van der Waals surface area contributed by atoms with Crippen LogP contribution < -0.4 is 5.11 Å². The zero-order valence-corrected chi connectivity index (χ0v) is 28.0. The van der Waals surface area contributed by atoms with Gasteiger partial charge in [0.15, 0.2) is 0 Å². The molecule has 45 heavy (non-hydrogen) atoms. The Morgan fingerprint density at radius 2 is 0.889 bits per heavy atom. The summed E-state index contributed by atoms with van der Waals surface area (Å²) < 4.78 is 15.9. The molecule has 0 rings (SSSR count). The van der Waals surface area contributed by atoms with Gasteiger partial charge in [-0.1, -0.05) is 96.8 Å². The summed E-state index contributed by atoms with van der Waals surface area (Å²) in [5.41, 5.74) is -3.05. The lowest BCUT2D eigenvalue weighted by Crippen LogP contribution is -2.45. The number of aliphatic hydroxyl groups is 3. The van der Waals surface area contributed by atoms with Crippen LogP contribution in [-0.4, -0.2) is 78.8 Å². The second-order valence-electron chi connectivity index (χ2n) is 12.7. The molecule has 1 unspecified atom stereocenters. The molecule has 0 aromatic heterocycles. The predicted octanol–water partition coefficient (Wildman–Crippen LogP) is 4.16. The highest BCUT2D eigenvalue weighted by molar-refractivity contribution is 5.76. The molecule has 0 heterocycles. The standard InChI is InChI=1S/C34H62O11/c1-3-4-5-6-7-8-9-10-11-12-13-14-15-16-17-21-30(40)43-26-34(25-37,28-45-32(42)33(2,23-35)24-36)27-44-31(41)22-19-18-20-29(38)39/h35-37H,3-28H2,1-2H3,(H,38,39)/p-1. The molecule has 0 aliphatic carbocycles. The monoisotopic (exact) mass is 645 g/mol. The van der Waals surface area contributed by atoms with E-state index in [0.29, 0.717) is 6.42 Å². The quantitative estimate of drug-likeness (QED) is 0.0560. The number of aliphatic carboxylic acids is 1. The van der Waals surface area contributed by atoms with E-state index >= 15 is 0 Å². The molecule has 264 valence electrons. The zero-order chi connectivity index (χ0) is 33.8. The summed E-state index contributed by atoms with van der Waals surface area (Å²) in [6, 6.07) is 0. The van der Waals surface area contributed by atoms with Crippen LogP contribution in [0.2, 0.25) is 0 Å². The van der Waals surface area contributed by atoms with Gasteiger partial charge in [0.2, 0.25) is 0 Å². The number of rotatable bonds is 31. The van der Waals surface area contributed by atoms with Crippen molar-refractivity contribution in [1.82, 2.24) is 0 Å². The van der Waals surface area contributed by atoms with Crippen molar-refractivity contribution in [2.45, 2.75) is 142 Å². The average molecular weight is 646 g/mol. The molecule has 0 saturated heterocycles. The van der Waals surface area contributed by atoms with Crippen LogP contribution in [0.1, 0.15) is 142 Å². The third kappa shape index (κ3) is 22.0. The topological polar surface area (TPSA) is 180 Å². The van der Waals surface area contributed by atoms with Crippen molar-refractivity contribution in [3.63, 3.8) is 0 Å². The smallest absolute Gasteiger partial charge is 0.316 e. The summed E-state index contributed by atoms with van der Waals surface area (Å²) in [5, 5.41) is 39.7. The first-order chi connectivity index (χ1) is 21.6. The van der Waals surface area contributed by atoms with Crippen molar-refractivity contribution in [3.8, 4) is 0 Å². The highest BCUT2D eigenvalue weighted by atomic mass is 16.6. The number of carbonyl (C=O) groups is 4. The molecule has 0 radical (unpaired) electrons. The van der Waals surface area contributed by atoms with Crippen LogP contribution in [0.4, 0.5) is 0 Å². The van der Waals surface area contributed by atoms with Crippen LogP contribution in [-0.2, 0) is 33.4 Å². The predicted molar refractivity (Wildman–Crippen MR) is 168 cm³/mol. The largest absolute Gasteiger partial charge is 0.550 e. The van der Waals surface area contributed by atoms with E-state index in [0.717, 1.165) is 19.3 Å². The second-order valence-corrected chi connectivity index (χ2v) is 12.7. The van der Waals surface area contributed by atoms with Crippen LogP contribution in [0, 0.1) is 10.8 Å². The summed E-state index contributed by atoms with van der Waals surface area (Å²) in [6.07, 6.45) is 18.5. The van der Waals surface area contributed by atoms with Gasteiger partial charge in [0.1, 0.15) is 25.2 Å². The lowest BCUT2D eigenvalue weighted by atomic mass is 9.91. The van der Waals surface area contributed by atoms with E-state index in [1.54, 1.807) is 0 Å². The van der Waals surface area contributed by atoms with Gasteiger partial charge in [0.05, 0.1) is 25.2 Å². The van der Waals surface area contributed by atoms with E-state index in [1.165, 1.54) is 77.6 Å². The number of hydrogen-bond acceptors (Lipinski definition) is 11. The molecule has 3 N–H and O–H groups in total. The fraction of sp³-hybridized carbons (Fsp3) is 0.882. The number of carboxylic acids is 1. The van der Waals surface area contributed by atoms with Crippen molar-refractivity contribution in [3.05, 3.63) is 0 Å². The number of esters is 3. The second kappa shape index (κ2) is 26.9. The molecular formula is C34H61O11-. The number of hydrogen-bond donors (Lipinski definition) is 3. The van der Waals surface area contributed by atoms with Crippen LogP contribution in [0.25, 0.3) is 0 Å². The maximum absolute atomic E-state index is 12.5. The Kier molecular flexibility index (Phi) is 25.6. The van der Waals surface area contributed by atoms with Gasteiger partial charge in [-0.2, -0.15) is 0 Å². The van der Waals surface area contributed by atoms with Crippen LogP contribution in [0.15, 0.2) is 0 Å². The Labute approximate surface area is 270 Å². The van der Waals surface area contributed by atoms with Crippen molar-refractivity contribution < 1.29 is 53.8 Å². The number of aliphatic hydroxyl groups excluding tert-OH is 3. The van der Waals surface area contributed by atoms with Crippen molar-refractivity contribution in [2.75, 3.05) is 39.6 Å². The van der Waals surface area contributed by atoms with E-state index in [2.05, 4.69) is 6.92 Å². The summed E-state index contributed by atoms with van der Waals surface area (Å²) in [5.74, 6) is -3.29. The number of ether oxygens (including phenoxy) is 3. The number of carboxylic acid groups (broad SMARTS) is 1. The molecule has 11 heteroatoms. The zero-order valence-electron chi connectivity index (χ0n) is 28.0.